The van der Waals surface area contributed by atoms with Crippen molar-refractivity contribution in [1.29, 1.82) is 0 Å². The number of hydrogen-bond donors (Lipinski definition) is 5. The molecule has 4 aliphatic rings. The van der Waals surface area contributed by atoms with E-state index in [0.29, 0.717) is 50.6 Å². The lowest BCUT2D eigenvalue weighted by molar-refractivity contribution is -0.152. The summed E-state index contributed by atoms with van der Waals surface area (Å²) in [6.07, 6.45) is 1.86. The SMILES string of the molecule is Cc1cccc(C[C@H](NC(=O)Nc2ccc(Cl)cc2F)C(=O)N[C@H](C(=O)N2CCC[C@H]2C(=O)N2CCCC[C@H]2C(=O)N[C@@H](C)C(=O)N2C[C@H](C)C[C@@]23CC3=O)[C@H](C)O)c1. The van der Waals surface area contributed by atoms with E-state index in [9.17, 15) is 43.1 Å². The summed E-state index contributed by atoms with van der Waals surface area (Å²) in [6, 6.07) is 4.39. The van der Waals surface area contributed by atoms with E-state index in [1.807, 2.05) is 26.0 Å². The predicted octanol–water partition coefficient (Wildman–Crippen LogP) is 2.84. The molecule has 2 aromatic rings. The number of aliphatic hydroxyl groups excluding tert-OH is 1. The molecule has 6 rings (SSSR count). The number of amides is 7. The lowest BCUT2D eigenvalue weighted by Crippen LogP contribution is -2.62. The van der Waals surface area contributed by atoms with Gasteiger partial charge in [0.25, 0.3) is 0 Å². The van der Waals surface area contributed by atoms with Crippen LogP contribution in [0.1, 0.15) is 76.8 Å². The zero-order valence-electron chi connectivity index (χ0n) is 33.8. The number of Topliss-reactive ketones (excluding diaryl/α,β-unsaturated/α-hetero) is 1. The maximum atomic E-state index is 14.5. The monoisotopic (exact) mass is 837 g/mol. The van der Waals surface area contributed by atoms with Crippen molar-refractivity contribution < 1.29 is 43.1 Å². The Hall–Kier alpha value is -5.09. The molecule has 7 amide bonds. The molecule has 3 saturated heterocycles. The average Bonchev–Trinajstić information content (AvgIpc) is 3.46. The van der Waals surface area contributed by atoms with Crippen molar-refractivity contribution in [3.8, 4) is 0 Å². The third-order valence-corrected chi connectivity index (χ3v) is 12.1. The summed E-state index contributed by atoms with van der Waals surface area (Å²) in [5.41, 5.74) is 0.629. The van der Waals surface area contributed by atoms with Crippen LogP contribution in [0.5, 0.6) is 0 Å². The first-order chi connectivity index (χ1) is 28.0. The molecule has 1 saturated carbocycles. The van der Waals surface area contributed by atoms with E-state index in [4.69, 9.17) is 11.6 Å². The van der Waals surface area contributed by atoms with Gasteiger partial charge >= 0.3 is 6.03 Å². The first-order valence-electron chi connectivity index (χ1n) is 20.3. The number of carbonyl (C=O) groups is 7. The van der Waals surface area contributed by atoms with Crippen molar-refractivity contribution in [1.82, 2.24) is 30.7 Å². The van der Waals surface area contributed by atoms with Gasteiger partial charge in [0, 0.05) is 37.5 Å². The van der Waals surface area contributed by atoms with Crippen LogP contribution in [-0.4, -0.2) is 123 Å². The average molecular weight is 838 g/mol. The summed E-state index contributed by atoms with van der Waals surface area (Å²) in [5.74, 6) is -3.42. The quantitative estimate of drug-likeness (QED) is 0.215. The zero-order chi connectivity index (χ0) is 42.8. The van der Waals surface area contributed by atoms with Crippen LogP contribution in [-0.2, 0) is 35.2 Å². The number of nitrogens with zero attached hydrogens (tertiary/aromatic N) is 3. The first-order valence-corrected chi connectivity index (χ1v) is 20.7. The number of likely N-dealkylation sites (tertiary alicyclic amines) is 3. The molecule has 0 aromatic heterocycles. The van der Waals surface area contributed by atoms with E-state index < -0.39 is 77.3 Å². The standard InChI is InChI=1S/C42H53ClFN7O8/c1-23-9-7-10-27(17-23)18-31(47-41(59)46-30-14-13-28(43)19-29(30)44)36(54)48-35(26(4)52)40(58)50-16-8-12-33(50)39(57)49-15-6-5-11-32(49)37(55)45-25(3)38(56)51-22-24(2)20-42(51)21-34(42)53/h7,9-10,13-14,17,19,24-26,31-33,35,52H,5-6,8,11-12,15-16,18,20-22H2,1-4H3,(H,45,55)(H,48,54)(H2,46,47,59)/t24-,25+,26+,31+,32+,33+,35+,42+/m1/s1. The molecular weight excluding hydrogens is 785 g/mol. The van der Waals surface area contributed by atoms with E-state index >= 15 is 0 Å². The van der Waals surface area contributed by atoms with Crippen LogP contribution in [0.25, 0.3) is 0 Å². The highest BCUT2D eigenvalue weighted by Gasteiger charge is 2.63. The molecule has 3 heterocycles. The summed E-state index contributed by atoms with van der Waals surface area (Å²) in [6.45, 7) is 7.59. The lowest BCUT2D eigenvalue weighted by atomic mass is 9.99. The number of nitrogens with one attached hydrogen (secondary N) is 4. The van der Waals surface area contributed by atoms with Crippen LogP contribution in [0.2, 0.25) is 5.02 Å². The largest absolute Gasteiger partial charge is 0.391 e. The highest BCUT2D eigenvalue weighted by atomic mass is 35.5. The van der Waals surface area contributed by atoms with Crippen molar-refractivity contribution in [2.45, 2.75) is 121 Å². The van der Waals surface area contributed by atoms with Gasteiger partial charge in [-0.05, 0) is 89.0 Å². The molecule has 5 N–H and O–H groups in total. The summed E-state index contributed by atoms with van der Waals surface area (Å²) in [4.78, 5) is 99.5. The van der Waals surface area contributed by atoms with Gasteiger partial charge in [-0.25, -0.2) is 9.18 Å². The fourth-order valence-electron chi connectivity index (χ4n) is 8.76. The third-order valence-electron chi connectivity index (χ3n) is 11.8. The Morgan fingerprint density at radius 3 is 2.32 bits per heavy atom. The van der Waals surface area contributed by atoms with Crippen LogP contribution in [0, 0.1) is 18.7 Å². The maximum Gasteiger partial charge on any atom is 0.319 e. The number of benzene rings is 2. The fourth-order valence-corrected chi connectivity index (χ4v) is 8.92. The summed E-state index contributed by atoms with van der Waals surface area (Å²) < 4.78 is 14.5. The Morgan fingerprint density at radius 1 is 0.932 bits per heavy atom. The molecule has 1 aliphatic carbocycles. The van der Waals surface area contributed by atoms with Crippen molar-refractivity contribution in [3.63, 3.8) is 0 Å². The minimum atomic E-state index is -1.52. The minimum Gasteiger partial charge on any atom is -0.391 e. The number of anilines is 1. The van der Waals surface area contributed by atoms with E-state index in [2.05, 4.69) is 21.3 Å². The zero-order valence-corrected chi connectivity index (χ0v) is 34.5. The van der Waals surface area contributed by atoms with Crippen molar-refractivity contribution in [2.24, 2.45) is 5.92 Å². The number of aryl methyl sites for hydroxylation is 1. The van der Waals surface area contributed by atoms with Crippen molar-refractivity contribution in [3.05, 3.63) is 64.4 Å². The molecular formula is C42H53ClFN7O8. The molecule has 0 radical (unpaired) electrons. The second kappa shape index (κ2) is 18.0. The lowest BCUT2D eigenvalue weighted by Gasteiger charge is -2.39. The Morgan fingerprint density at radius 2 is 1.64 bits per heavy atom. The fraction of sp³-hybridized carbons (Fsp3) is 0.548. The maximum absolute atomic E-state index is 14.5. The molecule has 8 atom stereocenters. The molecule has 318 valence electrons. The van der Waals surface area contributed by atoms with Gasteiger partial charge in [0.2, 0.25) is 29.5 Å². The van der Waals surface area contributed by atoms with Crippen LogP contribution in [0.4, 0.5) is 14.9 Å². The van der Waals surface area contributed by atoms with Crippen molar-refractivity contribution >= 4 is 58.6 Å². The normalized spacial score (nSPS) is 24.6. The number of piperidine rings is 1. The minimum absolute atomic E-state index is 0.0195. The molecule has 0 unspecified atom stereocenters. The van der Waals surface area contributed by atoms with Crippen LogP contribution in [0.15, 0.2) is 42.5 Å². The van der Waals surface area contributed by atoms with Gasteiger partial charge in [-0.2, -0.15) is 0 Å². The number of rotatable bonds is 12. The van der Waals surface area contributed by atoms with Gasteiger partial charge in [0.15, 0.2) is 5.78 Å². The molecule has 1 spiro atoms. The number of halogens is 2. The summed E-state index contributed by atoms with van der Waals surface area (Å²) >= 11 is 5.84. The molecule has 59 heavy (non-hydrogen) atoms. The second-order valence-electron chi connectivity index (χ2n) is 16.5. The van der Waals surface area contributed by atoms with Gasteiger partial charge in [0.05, 0.1) is 11.8 Å². The van der Waals surface area contributed by atoms with Gasteiger partial charge in [0.1, 0.15) is 41.6 Å². The number of urea groups is 1. The number of ketones is 1. The molecule has 17 heteroatoms. The highest BCUT2D eigenvalue weighted by Crippen LogP contribution is 2.48. The first kappa shape index (κ1) is 43.5. The number of aliphatic hydroxyl groups is 1. The smallest absolute Gasteiger partial charge is 0.319 e. The summed E-state index contributed by atoms with van der Waals surface area (Å²) in [7, 11) is 0. The summed E-state index contributed by atoms with van der Waals surface area (Å²) in [5, 5.41) is 21.3. The van der Waals surface area contributed by atoms with E-state index in [1.54, 1.807) is 24.0 Å². The Labute approximate surface area is 347 Å². The van der Waals surface area contributed by atoms with Gasteiger partial charge in [-0.3, -0.25) is 28.8 Å². The molecule has 3 aliphatic heterocycles. The Bertz CT molecular complexity index is 2000. The highest BCUT2D eigenvalue weighted by molar-refractivity contribution is 6.30. The second-order valence-corrected chi connectivity index (χ2v) is 17.0. The van der Waals surface area contributed by atoms with E-state index in [0.717, 1.165) is 11.6 Å². The van der Waals surface area contributed by atoms with Crippen LogP contribution in [0.3, 0.4) is 0 Å². The Balaban J connectivity index is 1.13. The number of carbonyl (C=O) groups excluding carboxylic acids is 7. The van der Waals surface area contributed by atoms with Gasteiger partial charge < -0.3 is 41.1 Å². The molecule has 15 nitrogen and oxygen atoms in total. The van der Waals surface area contributed by atoms with Crippen LogP contribution < -0.4 is 21.3 Å². The predicted molar refractivity (Wildman–Crippen MR) is 215 cm³/mol. The van der Waals surface area contributed by atoms with E-state index in [1.165, 1.54) is 28.9 Å². The molecule has 0 bridgehead atoms. The molecule has 2 aromatic carbocycles. The van der Waals surface area contributed by atoms with Gasteiger partial charge in [-0.15, -0.1) is 0 Å². The molecule has 4 fully saturated rings. The van der Waals surface area contributed by atoms with Crippen molar-refractivity contribution in [2.75, 3.05) is 25.0 Å². The Kier molecular flexibility index (Phi) is 13.3. The topological polar surface area (TPSA) is 198 Å². The van der Waals surface area contributed by atoms with E-state index in [-0.39, 0.29) is 54.2 Å². The number of hydrogen-bond acceptors (Lipinski definition) is 8. The van der Waals surface area contributed by atoms with Gasteiger partial charge in [-0.1, -0.05) is 48.4 Å². The third kappa shape index (κ3) is 9.70. The van der Waals surface area contributed by atoms with Crippen LogP contribution >= 0.6 is 11.6 Å².